The molecule has 6 heteroatoms. The van der Waals surface area contributed by atoms with Crippen LogP contribution in [0.3, 0.4) is 0 Å². The highest BCUT2D eigenvalue weighted by Crippen LogP contribution is 2.27. The fourth-order valence-electron chi connectivity index (χ4n) is 5.03. The number of aryl methyl sites for hydroxylation is 2. The zero-order chi connectivity index (χ0) is 22.5. The van der Waals surface area contributed by atoms with Gasteiger partial charge in [-0.15, -0.1) is 0 Å². The Morgan fingerprint density at radius 2 is 1.66 bits per heavy atom. The van der Waals surface area contributed by atoms with Gasteiger partial charge in [-0.2, -0.15) is 0 Å². The van der Waals surface area contributed by atoms with Crippen LogP contribution in [0.1, 0.15) is 84.0 Å². The molecule has 1 aliphatic carbocycles. The molecule has 2 heterocycles. The van der Waals surface area contributed by atoms with Gasteiger partial charge in [0.15, 0.2) is 0 Å². The molecule has 4 rings (SSSR count). The molecule has 1 saturated heterocycles. The van der Waals surface area contributed by atoms with Gasteiger partial charge in [0.25, 0.3) is 5.91 Å². The van der Waals surface area contributed by atoms with Crippen LogP contribution in [0.2, 0.25) is 0 Å². The van der Waals surface area contributed by atoms with Crippen LogP contribution in [-0.2, 0) is 11.2 Å². The summed E-state index contributed by atoms with van der Waals surface area (Å²) in [5.41, 5.74) is 3.39. The summed E-state index contributed by atoms with van der Waals surface area (Å²) in [6.07, 6.45) is 8.08. The Balaban J connectivity index is 1.42. The normalized spacial score (nSPS) is 19.6. The summed E-state index contributed by atoms with van der Waals surface area (Å²) in [5, 5.41) is 3.19. The molecule has 0 spiro atoms. The Labute approximate surface area is 190 Å². The minimum absolute atomic E-state index is 0.0664. The van der Waals surface area contributed by atoms with Crippen LogP contribution in [0.15, 0.2) is 30.3 Å². The summed E-state index contributed by atoms with van der Waals surface area (Å²) >= 11 is 0. The first-order valence-electron chi connectivity index (χ1n) is 12.0. The minimum atomic E-state index is 0.0664. The summed E-state index contributed by atoms with van der Waals surface area (Å²) in [6.45, 7) is 5.34. The van der Waals surface area contributed by atoms with Crippen LogP contribution in [0.4, 0.5) is 0 Å². The molecule has 2 amide bonds. The van der Waals surface area contributed by atoms with Gasteiger partial charge in [-0.05, 0) is 51.7 Å². The minimum Gasteiger partial charge on any atom is -0.353 e. The van der Waals surface area contributed by atoms with Crippen LogP contribution in [0.5, 0.6) is 0 Å². The van der Waals surface area contributed by atoms with Crippen molar-refractivity contribution in [1.29, 1.82) is 0 Å². The van der Waals surface area contributed by atoms with Crippen molar-refractivity contribution in [2.24, 2.45) is 0 Å². The van der Waals surface area contributed by atoms with Gasteiger partial charge in [-0.3, -0.25) is 9.59 Å². The summed E-state index contributed by atoms with van der Waals surface area (Å²) in [7, 11) is 0. The number of carbonyl (C=O) groups is 2. The maximum atomic E-state index is 12.9. The highest BCUT2D eigenvalue weighted by molar-refractivity contribution is 5.94. The van der Waals surface area contributed by atoms with Crippen molar-refractivity contribution in [2.75, 3.05) is 13.1 Å². The van der Waals surface area contributed by atoms with Gasteiger partial charge >= 0.3 is 0 Å². The SMILES string of the molecule is Cc1nc([C@@H]2CCCN(C(=O)c3ccccc3)C2)nc(C)c1CC(=O)NC1CCCCC1. The molecule has 1 aliphatic heterocycles. The van der Waals surface area contributed by atoms with Crippen molar-refractivity contribution >= 4 is 11.8 Å². The Hall–Kier alpha value is -2.76. The van der Waals surface area contributed by atoms with E-state index in [1.807, 2.05) is 49.1 Å². The van der Waals surface area contributed by atoms with Crippen molar-refractivity contribution in [3.05, 3.63) is 58.7 Å². The van der Waals surface area contributed by atoms with E-state index in [1.165, 1.54) is 19.3 Å². The van der Waals surface area contributed by atoms with Gasteiger partial charge in [-0.25, -0.2) is 9.97 Å². The van der Waals surface area contributed by atoms with Gasteiger partial charge in [0.1, 0.15) is 5.82 Å². The molecule has 2 fully saturated rings. The number of rotatable bonds is 5. The van der Waals surface area contributed by atoms with Crippen LogP contribution in [0.25, 0.3) is 0 Å². The zero-order valence-electron chi connectivity index (χ0n) is 19.3. The van der Waals surface area contributed by atoms with Crippen LogP contribution >= 0.6 is 0 Å². The van der Waals surface area contributed by atoms with Crippen molar-refractivity contribution in [3.63, 3.8) is 0 Å². The number of hydrogen-bond donors (Lipinski definition) is 1. The van der Waals surface area contributed by atoms with Crippen molar-refractivity contribution in [1.82, 2.24) is 20.2 Å². The number of piperidine rings is 1. The number of amides is 2. The first kappa shape index (κ1) is 22.4. The van der Waals surface area contributed by atoms with E-state index in [4.69, 9.17) is 9.97 Å². The molecular weight excluding hydrogens is 400 g/mol. The predicted octanol–water partition coefficient (Wildman–Crippen LogP) is 4.10. The highest BCUT2D eigenvalue weighted by Gasteiger charge is 2.28. The molecule has 0 radical (unpaired) electrons. The van der Waals surface area contributed by atoms with E-state index < -0.39 is 0 Å². The maximum Gasteiger partial charge on any atom is 0.253 e. The quantitative estimate of drug-likeness (QED) is 0.769. The van der Waals surface area contributed by atoms with Crippen molar-refractivity contribution < 1.29 is 9.59 Å². The van der Waals surface area contributed by atoms with Crippen LogP contribution in [0, 0.1) is 13.8 Å². The lowest BCUT2D eigenvalue weighted by Crippen LogP contribution is -2.39. The van der Waals surface area contributed by atoms with E-state index in [1.54, 1.807) is 0 Å². The zero-order valence-corrected chi connectivity index (χ0v) is 19.3. The van der Waals surface area contributed by atoms with Gasteiger partial charge < -0.3 is 10.2 Å². The molecule has 2 aliphatic rings. The highest BCUT2D eigenvalue weighted by atomic mass is 16.2. The molecule has 1 saturated carbocycles. The van der Waals surface area contributed by atoms with Crippen LogP contribution in [-0.4, -0.2) is 45.8 Å². The third-order valence-electron chi connectivity index (χ3n) is 6.84. The van der Waals surface area contributed by atoms with Gasteiger partial charge in [0.05, 0.1) is 6.42 Å². The second kappa shape index (κ2) is 10.2. The molecule has 32 heavy (non-hydrogen) atoms. The van der Waals surface area contributed by atoms with Gasteiger partial charge in [0.2, 0.25) is 5.91 Å². The number of aromatic nitrogens is 2. The number of benzene rings is 1. The molecule has 6 nitrogen and oxygen atoms in total. The second-order valence-corrected chi connectivity index (χ2v) is 9.27. The summed E-state index contributed by atoms with van der Waals surface area (Å²) in [5.74, 6) is 1.05. The van der Waals surface area contributed by atoms with Gasteiger partial charge in [0, 0.05) is 47.6 Å². The molecule has 0 bridgehead atoms. The fraction of sp³-hybridized carbons (Fsp3) is 0.538. The summed E-state index contributed by atoms with van der Waals surface area (Å²) in [6, 6.07) is 9.76. The number of carbonyl (C=O) groups excluding carboxylic acids is 2. The Kier molecular flexibility index (Phi) is 7.18. The van der Waals surface area contributed by atoms with Crippen molar-refractivity contribution in [2.45, 2.75) is 77.2 Å². The lowest BCUT2D eigenvalue weighted by molar-refractivity contribution is -0.121. The van der Waals surface area contributed by atoms with Gasteiger partial charge in [-0.1, -0.05) is 37.5 Å². The summed E-state index contributed by atoms with van der Waals surface area (Å²) in [4.78, 5) is 37.0. The predicted molar refractivity (Wildman–Crippen MR) is 125 cm³/mol. The Morgan fingerprint density at radius 3 is 2.34 bits per heavy atom. The maximum absolute atomic E-state index is 12.9. The molecule has 170 valence electrons. The monoisotopic (exact) mass is 434 g/mol. The van der Waals surface area contributed by atoms with E-state index in [-0.39, 0.29) is 17.7 Å². The average molecular weight is 435 g/mol. The second-order valence-electron chi connectivity index (χ2n) is 9.27. The van der Waals surface area contributed by atoms with E-state index in [9.17, 15) is 9.59 Å². The fourth-order valence-corrected chi connectivity index (χ4v) is 5.03. The molecule has 1 atom stereocenters. The van der Waals surface area contributed by atoms with E-state index in [0.29, 0.717) is 19.0 Å². The number of nitrogens with one attached hydrogen (secondary N) is 1. The Bertz CT molecular complexity index is 931. The lowest BCUT2D eigenvalue weighted by Gasteiger charge is -2.32. The van der Waals surface area contributed by atoms with E-state index in [2.05, 4.69) is 5.32 Å². The molecule has 1 aromatic carbocycles. The van der Waals surface area contributed by atoms with Crippen LogP contribution < -0.4 is 5.32 Å². The first-order valence-corrected chi connectivity index (χ1v) is 12.0. The molecule has 0 unspecified atom stereocenters. The molecule has 1 aromatic heterocycles. The van der Waals surface area contributed by atoms with E-state index >= 15 is 0 Å². The number of likely N-dealkylation sites (tertiary alicyclic amines) is 1. The molecule has 2 aromatic rings. The smallest absolute Gasteiger partial charge is 0.253 e. The first-order chi connectivity index (χ1) is 15.5. The average Bonchev–Trinajstić information content (AvgIpc) is 2.82. The third kappa shape index (κ3) is 5.34. The lowest BCUT2D eigenvalue weighted by atomic mass is 9.95. The Morgan fingerprint density at radius 1 is 0.969 bits per heavy atom. The topological polar surface area (TPSA) is 75.2 Å². The molecule has 1 N–H and O–H groups in total. The third-order valence-corrected chi connectivity index (χ3v) is 6.84. The molecular formula is C26H34N4O2. The van der Waals surface area contributed by atoms with Crippen molar-refractivity contribution in [3.8, 4) is 0 Å². The number of hydrogen-bond acceptors (Lipinski definition) is 4. The standard InChI is InChI=1S/C26H34N4O2/c1-18-23(16-24(31)29-22-13-7-4-8-14-22)19(2)28-25(27-18)21-12-9-15-30(17-21)26(32)20-10-5-3-6-11-20/h3,5-6,10-11,21-22H,4,7-9,12-17H2,1-2H3,(H,29,31)/t21-/m1/s1. The van der Waals surface area contributed by atoms with E-state index in [0.717, 1.165) is 60.6 Å². The largest absolute Gasteiger partial charge is 0.353 e. The number of nitrogens with zero attached hydrogens (tertiary/aromatic N) is 3. The summed E-state index contributed by atoms with van der Waals surface area (Å²) < 4.78 is 0.